The Morgan fingerprint density at radius 3 is 2.03 bits per heavy atom. The third kappa shape index (κ3) is 22.2. The molecule has 0 spiro atoms. The van der Waals surface area contributed by atoms with Crippen LogP contribution in [0.5, 0.6) is 0 Å². The number of aryl methyl sites for hydroxylation is 1. The number of ether oxygens (including phenoxy) is 2. The molecule has 1 aromatic carbocycles. The number of benzene rings is 1. The van der Waals surface area contributed by atoms with E-state index in [2.05, 4.69) is 55.7 Å². The van der Waals surface area contributed by atoms with E-state index in [1.165, 1.54) is 11.3 Å². The molecule has 1 N–H and O–H groups in total. The van der Waals surface area contributed by atoms with Gasteiger partial charge < -0.3 is 14.8 Å². The average molecular weight is 489 g/mol. The molecule has 6 heteroatoms. The number of rotatable bonds is 7. The first kappa shape index (κ1) is 35.6. The number of carbonyl (C=O) groups is 1. The van der Waals surface area contributed by atoms with Crippen molar-refractivity contribution in [2.24, 2.45) is 0 Å². The van der Waals surface area contributed by atoms with Gasteiger partial charge in [-0.2, -0.15) is 0 Å². The van der Waals surface area contributed by atoms with E-state index in [1.54, 1.807) is 50.4 Å². The summed E-state index contributed by atoms with van der Waals surface area (Å²) in [6.07, 6.45) is 7.40. The van der Waals surface area contributed by atoms with Crippen LogP contribution in [0, 0.1) is 6.92 Å². The van der Waals surface area contributed by atoms with Crippen LogP contribution in [0.2, 0.25) is 0 Å². The number of hydrogen-bond donors (Lipinski definition) is 1. The van der Waals surface area contributed by atoms with Gasteiger partial charge in [0.25, 0.3) is 0 Å². The van der Waals surface area contributed by atoms with Crippen LogP contribution in [-0.4, -0.2) is 31.9 Å². The Kier molecular flexibility index (Phi) is 27.5. The summed E-state index contributed by atoms with van der Waals surface area (Å²) in [5, 5.41) is 2.53. The van der Waals surface area contributed by atoms with Gasteiger partial charge in [0, 0.05) is 22.5 Å². The Balaban J connectivity index is -0.000000389. The number of pyridine rings is 1. The Morgan fingerprint density at radius 2 is 1.65 bits per heavy atom. The Morgan fingerprint density at radius 1 is 1.09 bits per heavy atom. The van der Waals surface area contributed by atoms with Crippen molar-refractivity contribution in [3.63, 3.8) is 0 Å². The maximum atomic E-state index is 9.95. The molecule has 5 nitrogen and oxygen atoms in total. The number of anilines is 1. The van der Waals surface area contributed by atoms with Crippen molar-refractivity contribution in [2.45, 2.75) is 52.9 Å². The average Bonchev–Trinajstić information content (AvgIpc) is 2.86. The van der Waals surface area contributed by atoms with Gasteiger partial charge in [-0.3, -0.25) is 9.78 Å². The third-order valence-corrected chi connectivity index (χ3v) is 4.17. The van der Waals surface area contributed by atoms with E-state index in [4.69, 9.17) is 9.47 Å². The van der Waals surface area contributed by atoms with Crippen LogP contribution in [0.15, 0.2) is 89.9 Å². The van der Waals surface area contributed by atoms with Gasteiger partial charge in [-0.1, -0.05) is 65.5 Å². The Bertz CT molecular complexity index is 806. The maximum Gasteiger partial charge on any atom is 0.211 e. The number of amides is 1. The summed E-state index contributed by atoms with van der Waals surface area (Å²) in [4.78, 5) is 15.2. The number of methoxy groups -OCH3 is 2. The highest BCUT2D eigenvalue weighted by molar-refractivity contribution is 7.98. The highest BCUT2D eigenvalue weighted by atomic mass is 32.2. The predicted octanol–water partition coefficient (Wildman–Crippen LogP) is 8.06. The summed E-state index contributed by atoms with van der Waals surface area (Å²) in [6, 6.07) is 13.9. The highest BCUT2D eigenvalue weighted by Gasteiger charge is 1.95. The van der Waals surface area contributed by atoms with Gasteiger partial charge in [-0.15, -0.1) is 11.8 Å². The molecule has 2 aromatic rings. The molecule has 0 atom stereocenters. The van der Waals surface area contributed by atoms with Crippen molar-refractivity contribution in [2.75, 3.05) is 25.8 Å². The Labute approximate surface area is 212 Å². The van der Waals surface area contributed by atoms with E-state index in [-0.39, 0.29) is 0 Å². The standard InChI is InChI=1S/C9H14O2.C7H8N2O.C7H8S.C3H8.C2H6/c1-7(9(3)11-5)6-8(2)10-4;1-6-4-7(9-5-10)2-3-8-6;1-8-7-5-3-2-4-6-7;1-3-2;1-2/h6H,2-3H2,1,4-5H3;2-5H,1H3,(H,8,9,10);2-6H,1H3;3H2,1-2H3;1-2H3/b7-6-;;;;. The molecule has 0 aliphatic heterocycles. The molecule has 0 aliphatic carbocycles. The molecule has 34 heavy (non-hydrogen) atoms. The third-order valence-electron chi connectivity index (χ3n) is 3.43. The molecule has 1 aromatic heterocycles. The van der Waals surface area contributed by atoms with Crippen molar-refractivity contribution in [3.05, 3.63) is 90.7 Å². The second-order valence-electron chi connectivity index (χ2n) is 6.30. The van der Waals surface area contributed by atoms with Crippen LogP contribution >= 0.6 is 11.8 Å². The lowest BCUT2D eigenvalue weighted by Gasteiger charge is -2.04. The first-order valence-corrected chi connectivity index (χ1v) is 12.4. The van der Waals surface area contributed by atoms with E-state index >= 15 is 0 Å². The van der Waals surface area contributed by atoms with Gasteiger partial charge in [0.15, 0.2) is 0 Å². The fraction of sp³-hybridized carbons (Fsp3) is 0.357. The van der Waals surface area contributed by atoms with Crippen LogP contribution in [0.25, 0.3) is 0 Å². The van der Waals surface area contributed by atoms with Crippen LogP contribution < -0.4 is 5.32 Å². The van der Waals surface area contributed by atoms with Crippen molar-refractivity contribution in [3.8, 4) is 0 Å². The lowest BCUT2D eigenvalue weighted by Crippen LogP contribution is -1.93. The predicted molar refractivity (Wildman–Crippen MR) is 150 cm³/mol. The van der Waals surface area contributed by atoms with Gasteiger partial charge in [-0.25, -0.2) is 0 Å². The van der Waals surface area contributed by atoms with Gasteiger partial charge >= 0.3 is 0 Å². The number of hydrogen-bond acceptors (Lipinski definition) is 5. The fourth-order valence-corrected chi connectivity index (χ4v) is 2.23. The summed E-state index contributed by atoms with van der Waals surface area (Å²) >= 11 is 1.77. The molecule has 1 amide bonds. The summed E-state index contributed by atoms with van der Waals surface area (Å²) < 4.78 is 9.75. The van der Waals surface area contributed by atoms with Gasteiger partial charge in [0.1, 0.15) is 11.5 Å². The minimum atomic E-state index is 0.598. The van der Waals surface area contributed by atoms with Crippen LogP contribution in [0.1, 0.15) is 46.7 Å². The molecular weight excluding hydrogens is 444 g/mol. The summed E-state index contributed by atoms with van der Waals surface area (Å²) in [5.41, 5.74) is 2.59. The molecule has 0 saturated carbocycles. The molecule has 0 radical (unpaired) electrons. The normalized spacial score (nSPS) is 8.91. The number of allylic oxidation sites excluding steroid dienone is 2. The lowest BCUT2D eigenvalue weighted by molar-refractivity contribution is -0.105. The molecule has 0 bridgehead atoms. The number of nitrogens with one attached hydrogen (secondary N) is 1. The number of thioether (sulfide) groups is 1. The van der Waals surface area contributed by atoms with Crippen LogP contribution in [-0.2, 0) is 14.3 Å². The van der Waals surface area contributed by atoms with Gasteiger partial charge in [-0.05, 0) is 56.0 Å². The molecular formula is C28H44N2O3S. The first-order valence-electron chi connectivity index (χ1n) is 11.2. The fourth-order valence-electron chi connectivity index (χ4n) is 1.80. The van der Waals surface area contributed by atoms with E-state index in [0.29, 0.717) is 17.9 Å². The number of nitrogens with zero attached hydrogens (tertiary/aromatic N) is 1. The van der Waals surface area contributed by atoms with Crippen molar-refractivity contribution in [1.82, 2.24) is 4.98 Å². The number of carbonyl (C=O) groups excluding carboxylic acids is 1. The van der Waals surface area contributed by atoms with Crippen molar-refractivity contribution in [1.29, 1.82) is 0 Å². The van der Waals surface area contributed by atoms with Gasteiger partial charge in [0.2, 0.25) is 6.41 Å². The minimum absolute atomic E-state index is 0.598. The Hall–Kier alpha value is -2.99. The van der Waals surface area contributed by atoms with Gasteiger partial charge in [0.05, 0.1) is 14.2 Å². The zero-order valence-corrected chi connectivity index (χ0v) is 23.3. The van der Waals surface area contributed by atoms with Crippen LogP contribution in [0.4, 0.5) is 5.69 Å². The maximum absolute atomic E-state index is 9.95. The first-order chi connectivity index (χ1) is 16.3. The quantitative estimate of drug-likeness (QED) is 0.185. The van der Waals surface area contributed by atoms with E-state index < -0.39 is 0 Å². The molecule has 0 unspecified atom stereocenters. The molecule has 2 rings (SSSR count). The number of aromatic nitrogens is 1. The minimum Gasteiger partial charge on any atom is -0.497 e. The van der Waals surface area contributed by atoms with Crippen molar-refractivity contribution < 1.29 is 14.3 Å². The second-order valence-corrected chi connectivity index (χ2v) is 7.18. The molecule has 0 aliphatic rings. The topological polar surface area (TPSA) is 60.5 Å². The monoisotopic (exact) mass is 488 g/mol. The van der Waals surface area contributed by atoms with E-state index in [0.717, 1.165) is 17.0 Å². The van der Waals surface area contributed by atoms with E-state index in [1.807, 2.05) is 45.9 Å². The summed E-state index contributed by atoms with van der Waals surface area (Å²) in [7, 11) is 3.15. The molecule has 0 fully saturated rings. The SMILES string of the molecule is C=C(/C=C(/C)C(=C)OC)OC.CC.CCC.CSc1ccccc1.Cc1cc(NC=O)ccn1. The van der Waals surface area contributed by atoms with E-state index in [9.17, 15) is 4.79 Å². The molecule has 0 saturated heterocycles. The zero-order chi connectivity index (χ0) is 26.8. The summed E-state index contributed by atoms with van der Waals surface area (Å²) in [6.45, 7) is 19.3. The summed E-state index contributed by atoms with van der Waals surface area (Å²) in [5.74, 6) is 1.23. The molecule has 190 valence electrons. The second kappa shape index (κ2) is 26.3. The van der Waals surface area contributed by atoms with Crippen LogP contribution in [0.3, 0.4) is 0 Å². The molecule has 1 heterocycles. The smallest absolute Gasteiger partial charge is 0.211 e. The zero-order valence-electron chi connectivity index (χ0n) is 22.5. The highest BCUT2D eigenvalue weighted by Crippen LogP contribution is 2.11. The van der Waals surface area contributed by atoms with Crippen molar-refractivity contribution >= 4 is 23.9 Å². The lowest BCUT2D eigenvalue weighted by atomic mass is 10.2. The largest absolute Gasteiger partial charge is 0.497 e.